The number of rotatable bonds is 6. The van der Waals surface area contributed by atoms with Gasteiger partial charge in [-0.05, 0) is 36.8 Å². The lowest BCUT2D eigenvalue weighted by Gasteiger charge is -2.14. The quantitative estimate of drug-likeness (QED) is 0.597. The number of hydrogen-bond donors (Lipinski definition) is 1. The third kappa shape index (κ3) is 4.76. The molecule has 130 valence electrons. The maximum atomic E-state index is 12.3. The number of halogens is 1. The molecule has 1 N–H and O–H groups in total. The minimum absolute atomic E-state index is 0.0284. The molecule has 0 atom stereocenters. The van der Waals surface area contributed by atoms with Gasteiger partial charge in [0.25, 0.3) is 0 Å². The predicted molar refractivity (Wildman–Crippen MR) is 102 cm³/mol. The zero-order valence-electron chi connectivity index (χ0n) is 14.0. The van der Waals surface area contributed by atoms with Gasteiger partial charge in [0.2, 0.25) is 5.91 Å². The molecular weight excluding hydrogens is 402 g/mol. The van der Waals surface area contributed by atoms with Gasteiger partial charge in [-0.3, -0.25) is 4.79 Å². The number of amides is 1. The van der Waals surface area contributed by atoms with Crippen LogP contribution in [-0.2, 0) is 11.3 Å². The molecular formula is C18H18BrN3O2S. The Morgan fingerprint density at radius 1 is 1.28 bits per heavy atom. The summed E-state index contributed by atoms with van der Waals surface area (Å²) in [6.45, 7) is 2.36. The number of aryl methyl sites for hydroxylation is 1. The Morgan fingerprint density at radius 2 is 2.04 bits per heavy atom. The van der Waals surface area contributed by atoms with Crippen molar-refractivity contribution in [3.8, 4) is 11.3 Å². The number of benzene rings is 1. The molecule has 0 saturated carbocycles. The van der Waals surface area contributed by atoms with E-state index in [0.29, 0.717) is 12.3 Å². The average molecular weight is 420 g/mol. The van der Waals surface area contributed by atoms with Crippen LogP contribution in [0.25, 0.3) is 11.3 Å². The predicted octanol–water partition coefficient (Wildman–Crippen LogP) is 4.49. The summed E-state index contributed by atoms with van der Waals surface area (Å²) in [5.41, 5.74) is 1.99. The van der Waals surface area contributed by atoms with Crippen LogP contribution in [-0.4, -0.2) is 33.6 Å². The van der Waals surface area contributed by atoms with Crippen LogP contribution in [0.2, 0.25) is 0 Å². The fourth-order valence-electron chi connectivity index (χ4n) is 2.28. The van der Waals surface area contributed by atoms with Crippen LogP contribution in [0.3, 0.4) is 0 Å². The number of nitrogens with zero attached hydrogens (tertiary/aromatic N) is 2. The molecule has 3 aromatic rings. The molecule has 0 spiro atoms. The van der Waals surface area contributed by atoms with E-state index in [2.05, 4.69) is 25.9 Å². The summed E-state index contributed by atoms with van der Waals surface area (Å²) in [6.07, 6.45) is 1.78. The van der Waals surface area contributed by atoms with Gasteiger partial charge in [0.1, 0.15) is 11.5 Å². The highest BCUT2D eigenvalue weighted by Gasteiger charge is 2.13. The van der Waals surface area contributed by atoms with Crippen molar-refractivity contribution in [2.45, 2.75) is 18.6 Å². The molecule has 2 heterocycles. The molecule has 0 aliphatic carbocycles. The normalized spacial score (nSPS) is 10.8. The fourth-order valence-corrected chi connectivity index (χ4v) is 3.34. The smallest absolute Gasteiger partial charge is 0.233 e. The lowest BCUT2D eigenvalue weighted by Crippen LogP contribution is -2.27. The van der Waals surface area contributed by atoms with Crippen LogP contribution in [0.4, 0.5) is 0 Å². The molecule has 2 aromatic heterocycles. The van der Waals surface area contributed by atoms with Crippen molar-refractivity contribution in [1.82, 2.24) is 14.9 Å². The second kappa shape index (κ2) is 7.93. The lowest BCUT2D eigenvalue weighted by atomic mass is 10.2. The van der Waals surface area contributed by atoms with Gasteiger partial charge < -0.3 is 14.3 Å². The Kier molecular flexibility index (Phi) is 5.65. The molecule has 0 aliphatic heterocycles. The Balaban J connectivity index is 1.54. The number of H-pyrrole nitrogens is 1. The molecule has 0 aliphatic rings. The topological polar surface area (TPSA) is 62.1 Å². The summed E-state index contributed by atoms with van der Waals surface area (Å²) in [4.78, 5) is 21.5. The number of carbonyl (C=O) groups is 1. The van der Waals surface area contributed by atoms with E-state index in [-0.39, 0.29) is 5.91 Å². The number of furan rings is 1. The first-order valence-corrected chi connectivity index (χ1v) is 9.52. The third-order valence-electron chi connectivity index (χ3n) is 3.65. The number of hydrogen-bond acceptors (Lipinski definition) is 4. The van der Waals surface area contributed by atoms with Crippen molar-refractivity contribution in [3.05, 3.63) is 58.6 Å². The number of aromatic amines is 1. The van der Waals surface area contributed by atoms with E-state index in [1.54, 1.807) is 18.1 Å². The fraction of sp³-hybridized carbons (Fsp3) is 0.222. The maximum Gasteiger partial charge on any atom is 0.233 e. The van der Waals surface area contributed by atoms with E-state index in [1.165, 1.54) is 11.8 Å². The Labute approximate surface area is 159 Å². The van der Waals surface area contributed by atoms with Gasteiger partial charge in [0.05, 0.1) is 24.2 Å². The minimum Gasteiger partial charge on any atom is -0.464 e. The van der Waals surface area contributed by atoms with Crippen molar-refractivity contribution >= 4 is 33.6 Å². The molecule has 0 radical (unpaired) electrons. The number of imidazole rings is 1. The highest BCUT2D eigenvalue weighted by atomic mass is 79.9. The van der Waals surface area contributed by atoms with Crippen molar-refractivity contribution in [2.75, 3.05) is 12.8 Å². The second-order valence-corrected chi connectivity index (χ2v) is 7.54. The molecule has 0 saturated heterocycles. The lowest BCUT2D eigenvalue weighted by molar-refractivity contribution is -0.127. The van der Waals surface area contributed by atoms with E-state index in [9.17, 15) is 4.79 Å². The summed E-state index contributed by atoms with van der Waals surface area (Å²) in [5, 5.41) is 0.730. The van der Waals surface area contributed by atoms with Crippen molar-refractivity contribution in [2.24, 2.45) is 0 Å². The first kappa shape index (κ1) is 17.8. The molecule has 25 heavy (non-hydrogen) atoms. The van der Waals surface area contributed by atoms with Gasteiger partial charge in [-0.25, -0.2) is 4.98 Å². The zero-order chi connectivity index (χ0) is 17.8. The highest BCUT2D eigenvalue weighted by molar-refractivity contribution is 9.10. The van der Waals surface area contributed by atoms with Crippen molar-refractivity contribution in [3.63, 3.8) is 0 Å². The number of nitrogens with one attached hydrogen (secondary N) is 1. The monoisotopic (exact) mass is 419 g/mol. The summed E-state index contributed by atoms with van der Waals surface area (Å²) in [7, 11) is 1.77. The van der Waals surface area contributed by atoms with E-state index < -0.39 is 0 Å². The molecule has 0 unspecified atom stereocenters. The average Bonchev–Trinajstić information content (AvgIpc) is 3.22. The van der Waals surface area contributed by atoms with Gasteiger partial charge in [-0.15, -0.1) is 0 Å². The van der Waals surface area contributed by atoms with E-state index in [0.717, 1.165) is 32.4 Å². The summed E-state index contributed by atoms with van der Waals surface area (Å²) in [5.74, 6) is 1.99. The van der Waals surface area contributed by atoms with Crippen LogP contribution in [0.1, 0.15) is 11.5 Å². The van der Waals surface area contributed by atoms with Gasteiger partial charge in [0, 0.05) is 11.5 Å². The van der Waals surface area contributed by atoms with Gasteiger partial charge in [-0.1, -0.05) is 39.8 Å². The largest absolute Gasteiger partial charge is 0.464 e. The van der Waals surface area contributed by atoms with E-state index in [4.69, 9.17) is 4.42 Å². The first-order valence-electron chi connectivity index (χ1n) is 7.74. The molecule has 5 nitrogen and oxygen atoms in total. The standard InChI is InChI=1S/C18H18BrN3O2S/c1-12-3-8-15(24-12)10-22(2)17(23)11-25-18-20-9-16(21-18)13-4-6-14(19)7-5-13/h3-9H,10-11H2,1-2H3,(H,20,21). The van der Waals surface area contributed by atoms with Gasteiger partial charge in [0.15, 0.2) is 5.16 Å². The summed E-state index contributed by atoms with van der Waals surface area (Å²) in [6, 6.07) is 11.8. The first-order chi connectivity index (χ1) is 12.0. The van der Waals surface area contributed by atoms with Crippen molar-refractivity contribution < 1.29 is 9.21 Å². The van der Waals surface area contributed by atoms with Crippen LogP contribution < -0.4 is 0 Å². The third-order valence-corrected chi connectivity index (χ3v) is 5.06. The van der Waals surface area contributed by atoms with Crippen LogP contribution in [0.5, 0.6) is 0 Å². The SMILES string of the molecule is Cc1ccc(CN(C)C(=O)CSc2ncc(-c3ccc(Br)cc3)[nH]2)o1. The summed E-state index contributed by atoms with van der Waals surface area (Å²) >= 11 is 4.82. The Hall–Kier alpha value is -1.99. The number of carbonyl (C=O) groups excluding carboxylic acids is 1. The molecule has 3 rings (SSSR count). The van der Waals surface area contributed by atoms with E-state index >= 15 is 0 Å². The van der Waals surface area contributed by atoms with Crippen LogP contribution in [0.15, 0.2) is 56.6 Å². The Bertz CT molecular complexity index is 857. The highest BCUT2D eigenvalue weighted by Crippen LogP contribution is 2.23. The summed E-state index contributed by atoms with van der Waals surface area (Å²) < 4.78 is 6.54. The molecule has 0 bridgehead atoms. The molecule has 0 fully saturated rings. The van der Waals surface area contributed by atoms with Gasteiger partial charge >= 0.3 is 0 Å². The van der Waals surface area contributed by atoms with Crippen molar-refractivity contribution in [1.29, 1.82) is 0 Å². The van der Waals surface area contributed by atoms with E-state index in [1.807, 2.05) is 43.3 Å². The zero-order valence-corrected chi connectivity index (χ0v) is 16.4. The molecule has 7 heteroatoms. The number of thioether (sulfide) groups is 1. The van der Waals surface area contributed by atoms with Gasteiger partial charge in [-0.2, -0.15) is 0 Å². The second-order valence-electron chi connectivity index (χ2n) is 5.66. The minimum atomic E-state index is 0.0284. The maximum absolute atomic E-state index is 12.3. The Morgan fingerprint density at radius 3 is 2.72 bits per heavy atom. The van der Waals surface area contributed by atoms with Crippen LogP contribution in [0, 0.1) is 6.92 Å². The number of aromatic nitrogens is 2. The molecule has 1 aromatic carbocycles. The van der Waals surface area contributed by atoms with Crippen LogP contribution >= 0.6 is 27.7 Å². The molecule has 1 amide bonds.